The lowest BCUT2D eigenvalue weighted by Gasteiger charge is -2.46. The summed E-state index contributed by atoms with van der Waals surface area (Å²) in [4.78, 5) is 2.38. The van der Waals surface area contributed by atoms with Gasteiger partial charge in [0, 0.05) is 26.2 Å². The quantitative estimate of drug-likeness (QED) is 0.790. The fraction of sp³-hybridized carbons (Fsp3) is 0.529. The summed E-state index contributed by atoms with van der Waals surface area (Å²) in [5.41, 5.74) is 2.08. The molecule has 1 aliphatic carbocycles. The Bertz CT molecular complexity index is 673. The minimum Gasteiger partial charge on any atom is -0.454 e. The monoisotopic (exact) mass is 301 g/mol. The maximum absolute atomic E-state index is 10.8. The van der Waals surface area contributed by atoms with E-state index in [1.165, 1.54) is 11.1 Å². The Labute approximate surface area is 129 Å². The van der Waals surface area contributed by atoms with Crippen LogP contribution in [0.15, 0.2) is 24.3 Å². The van der Waals surface area contributed by atoms with Crippen molar-refractivity contribution in [3.05, 3.63) is 35.4 Å². The molecule has 0 spiro atoms. The summed E-state index contributed by atoms with van der Waals surface area (Å²) in [6.07, 6.45) is 4.91. The zero-order valence-corrected chi connectivity index (χ0v) is 12.5. The molecule has 4 aliphatic rings. The van der Waals surface area contributed by atoms with Gasteiger partial charge < -0.3 is 19.3 Å². The van der Waals surface area contributed by atoms with E-state index in [1.807, 2.05) is 0 Å². The average molecular weight is 301 g/mol. The minimum absolute atomic E-state index is 0.126. The van der Waals surface area contributed by atoms with E-state index < -0.39 is 6.10 Å². The van der Waals surface area contributed by atoms with E-state index in [4.69, 9.17) is 14.2 Å². The van der Waals surface area contributed by atoms with Crippen LogP contribution >= 0.6 is 0 Å². The number of hydrogen-bond donors (Lipinski definition) is 1. The van der Waals surface area contributed by atoms with E-state index in [-0.39, 0.29) is 24.4 Å². The Balaban J connectivity index is 1.72. The van der Waals surface area contributed by atoms with Gasteiger partial charge in [-0.15, -0.1) is 0 Å². The Kier molecular flexibility index (Phi) is 2.50. The molecule has 0 saturated carbocycles. The lowest BCUT2D eigenvalue weighted by molar-refractivity contribution is 0.0660. The lowest BCUT2D eigenvalue weighted by atomic mass is 9.65. The second-order valence-corrected chi connectivity index (χ2v) is 6.63. The van der Waals surface area contributed by atoms with Crippen LogP contribution in [0, 0.1) is 0 Å². The molecule has 5 heteroatoms. The first-order chi connectivity index (χ1) is 10.7. The van der Waals surface area contributed by atoms with Gasteiger partial charge in [0.25, 0.3) is 0 Å². The molecule has 116 valence electrons. The van der Waals surface area contributed by atoms with Crippen LogP contribution in [0.5, 0.6) is 11.5 Å². The first kappa shape index (κ1) is 12.9. The van der Waals surface area contributed by atoms with Gasteiger partial charge in [0.1, 0.15) is 0 Å². The van der Waals surface area contributed by atoms with Crippen LogP contribution < -0.4 is 9.47 Å². The fourth-order valence-corrected chi connectivity index (χ4v) is 4.69. The third kappa shape index (κ3) is 1.44. The molecule has 2 unspecified atom stereocenters. The second-order valence-electron chi connectivity index (χ2n) is 6.63. The Morgan fingerprint density at radius 2 is 2.14 bits per heavy atom. The fourth-order valence-electron chi connectivity index (χ4n) is 4.69. The number of hydrogen-bond acceptors (Lipinski definition) is 5. The van der Waals surface area contributed by atoms with Crippen LogP contribution in [-0.2, 0) is 16.7 Å². The molecule has 5 rings (SSSR count). The van der Waals surface area contributed by atoms with E-state index in [2.05, 4.69) is 29.2 Å². The van der Waals surface area contributed by atoms with Gasteiger partial charge in [-0.2, -0.15) is 0 Å². The summed E-state index contributed by atoms with van der Waals surface area (Å²) >= 11 is 0. The number of rotatable bonds is 1. The molecule has 3 heterocycles. The minimum atomic E-state index is -0.395. The van der Waals surface area contributed by atoms with Gasteiger partial charge in [0.2, 0.25) is 6.79 Å². The van der Waals surface area contributed by atoms with Crippen molar-refractivity contribution >= 4 is 0 Å². The largest absolute Gasteiger partial charge is 0.454 e. The lowest BCUT2D eigenvalue weighted by Crippen LogP contribution is -2.52. The summed E-state index contributed by atoms with van der Waals surface area (Å²) in [5, 5.41) is 10.8. The van der Waals surface area contributed by atoms with Crippen molar-refractivity contribution in [2.24, 2.45) is 0 Å². The number of ether oxygens (including phenoxy) is 3. The van der Waals surface area contributed by atoms with Gasteiger partial charge in [-0.3, -0.25) is 4.90 Å². The molecular weight excluding hydrogens is 282 g/mol. The predicted octanol–water partition coefficient (Wildman–Crippen LogP) is 1.19. The molecule has 1 N–H and O–H groups in total. The van der Waals surface area contributed by atoms with Crippen LogP contribution in [0.25, 0.3) is 0 Å². The summed E-state index contributed by atoms with van der Waals surface area (Å²) < 4.78 is 16.6. The maximum atomic E-state index is 10.8. The van der Waals surface area contributed by atoms with E-state index >= 15 is 0 Å². The van der Waals surface area contributed by atoms with Crippen molar-refractivity contribution in [1.29, 1.82) is 0 Å². The van der Waals surface area contributed by atoms with E-state index in [0.29, 0.717) is 6.54 Å². The summed E-state index contributed by atoms with van der Waals surface area (Å²) in [6.45, 7) is 1.83. The van der Waals surface area contributed by atoms with Gasteiger partial charge in [-0.05, 0) is 29.7 Å². The van der Waals surface area contributed by atoms with Gasteiger partial charge in [0.15, 0.2) is 11.5 Å². The van der Waals surface area contributed by atoms with Crippen LogP contribution in [0.3, 0.4) is 0 Å². The first-order valence-electron chi connectivity index (χ1n) is 7.79. The summed E-state index contributed by atoms with van der Waals surface area (Å²) in [6, 6.07) is 4.44. The van der Waals surface area contributed by atoms with E-state index in [9.17, 15) is 5.11 Å². The number of nitrogens with zero attached hydrogens (tertiary/aromatic N) is 1. The molecule has 5 nitrogen and oxygen atoms in total. The Morgan fingerprint density at radius 1 is 1.32 bits per heavy atom. The van der Waals surface area contributed by atoms with E-state index in [1.54, 1.807) is 7.11 Å². The third-order valence-electron chi connectivity index (χ3n) is 5.73. The van der Waals surface area contributed by atoms with Crippen molar-refractivity contribution in [3.63, 3.8) is 0 Å². The van der Waals surface area contributed by atoms with Crippen molar-refractivity contribution in [2.75, 3.05) is 20.4 Å². The number of methoxy groups -OCH3 is 1. The topological polar surface area (TPSA) is 51.2 Å². The van der Waals surface area contributed by atoms with Crippen LogP contribution in [0.4, 0.5) is 0 Å². The van der Waals surface area contributed by atoms with Crippen LogP contribution in [0.2, 0.25) is 0 Å². The maximum Gasteiger partial charge on any atom is 0.231 e. The third-order valence-corrected chi connectivity index (χ3v) is 5.73. The van der Waals surface area contributed by atoms with Gasteiger partial charge >= 0.3 is 0 Å². The molecule has 2 bridgehead atoms. The molecule has 1 fully saturated rings. The predicted molar refractivity (Wildman–Crippen MR) is 79.0 cm³/mol. The van der Waals surface area contributed by atoms with Gasteiger partial charge in [-0.25, -0.2) is 0 Å². The van der Waals surface area contributed by atoms with Crippen molar-refractivity contribution in [1.82, 2.24) is 4.90 Å². The number of fused-ring (bicyclic) bond motifs is 2. The highest BCUT2D eigenvalue weighted by molar-refractivity contribution is 5.56. The van der Waals surface area contributed by atoms with E-state index in [0.717, 1.165) is 24.5 Å². The number of aliphatic hydroxyl groups is 1. The number of benzene rings is 1. The van der Waals surface area contributed by atoms with Crippen LogP contribution in [-0.4, -0.2) is 48.7 Å². The van der Waals surface area contributed by atoms with Gasteiger partial charge in [0.05, 0.1) is 17.6 Å². The molecule has 0 radical (unpaired) electrons. The number of aliphatic hydroxyl groups excluding tert-OH is 1. The second kappa shape index (κ2) is 4.25. The van der Waals surface area contributed by atoms with Crippen molar-refractivity contribution < 1.29 is 19.3 Å². The molecule has 3 aliphatic heterocycles. The molecule has 1 aromatic rings. The smallest absolute Gasteiger partial charge is 0.231 e. The zero-order chi connectivity index (χ0) is 14.9. The summed E-state index contributed by atoms with van der Waals surface area (Å²) in [7, 11) is 1.75. The SMILES string of the molecule is CO[C@H]1C=C[C@]23c4cc5c(cc4CN(CC2O)[C@@H]3C1)OCO5. The highest BCUT2D eigenvalue weighted by Crippen LogP contribution is 2.53. The Hall–Kier alpha value is -1.56. The molecule has 22 heavy (non-hydrogen) atoms. The zero-order valence-electron chi connectivity index (χ0n) is 12.5. The summed E-state index contributed by atoms with van der Waals surface area (Å²) in [5.74, 6) is 1.61. The molecule has 0 aromatic heterocycles. The van der Waals surface area contributed by atoms with Gasteiger partial charge in [-0.1, -0.05) is 12.2 Å². The molecule has 1 aromatic carbocycles. The Morgan fingerprint density at radius 3 is 2.95 bits per heavy atom. The standard InChI is InChI=1S/C17H19NO4/c1-20-11-2-3-17-12-6-14-13(21-9-22-14)4-10(12)7-18(8-16(17)19)15(17)5-11/h2-4,6,11,15-16,19H,5,7-9H2,1H3/t11-,15+,16?,17+/m0/s1. The normalized spacial score (nSPS) is 40.5. The van der Waals surface area contributed by atoms with Crippen molar-refractivity contribution in [3.8, 4) is 11.5 Å². The molecule has 5 atom stereocenters. The first-order valence-corrected chi connectivity index (χ1v) is 7.79. The molecular formula is C17H19NO4. The highest BCUT2D eigenvalue weighted by Gasteiger charge is 2.58. The van der Waals surface area contributed by atoms with Crippen molar-refractivity contribution in [2.45, 2.75) is 36.6 Å². The highest BCUT2D eigenvalue weighted by atomic mass is 16.7. The molecule has 1 saturated heterocycles. The molecule has 0 amide bonds. The van der Waals surface area contributed by atoms with Crippen LogP contribution in [0.1, 0.15) is 17.5 Å². The average Bonchev–Trinajstić information content (AvgIpc) is 3.06.